The first-order chi connectivity index (χ1) is 5.61. The molecule has 0 radical (unpaired) electrons. The number of aromatic nitrogens is 1. The number of aliphatic hydroxyl groups is 1. The standard InChI is InChI=1S/C8H12ClNOS/c1-5(6(2)11)3-7-8(9)10-4-12-7/h4-6,11H,3H2,1-2H3. The van der Waals surface area contributed by atoms with E-state index in [0.717, 1.165) is 11.3 Å². The number of halogens is 1. The molecule has 2 nitrogen and oxygen atoms in total. The van der Waals surface area contributed by atoms with Crippen LogP contribution in [-0.2, 0) is 6.42 Å². The van der Waals surface area contributed by atoms with Gasteiger partial charge in [0.2, 0.25) is 0 Å². The molecule has 4 heteroatoms. The third-order valence-electron chi connectivity index (χ3n) is 1.92. The second-order valence-corrected chi connectivity index (χ2v) is 4.29. The lowest BCUT2D eigenvalue weighted by molar-refractivity contribution is 0.135. The van der Waals surface area contributed by atoms with Gasteiger partial charge in [-0.25, -0.2) is 4.98 Å². The van der Waals surface area contributed by atoms with Gasteiger partial charge in [0.1, 0.15) is 5.15 Å². The largest absolute Gasteiger partial charge is 0.393 e. The lowest BCUT2D eigenvalue weighted by Gasteiger charge is -2.12. The van der Waals surface area contributed by atoms with Crippen molar-refractivity contribution in [3.8, 4) is 0 Å². The third kappa shape index (κ3) is 2.44. The summed E-state index contributed by atoms with van der Waals surface area (Å²) in [4.78, 5) is 4.99. The van der Waals surface area contributed by atoms with Crippen LogP contribution < -0.4 is 0 Å². The molecule has 0 aromatic carbocycles. The Morgan fingerprint density at radius 3 is 2.75 bits per heavy atom. The molecule has 0 amide bonds. The zero-order valence-corrected chi connectivity index (χ0v) is 8.69. The van der Waals surface area contributed by atoms with Crippen molar-refractivity contribution < 1.29 is 5.11 Å². The van der Waals surface area contributed by atoms with E-state index >= 15 is 0 Å². The van der Waals surface area contributed by atoms with Crippen LogP contribution in [0.5, 0.6) is 0 Å². The van der Waals surface area contributed by atoms with Crippen LogP contribution in [-0.4, -0.2) is 16.2 Å². The highest BCUT2D eigenvalue weighted by Crippen LogP contribution is 2.23. The van der Waals surface area contributed by atoms with E-state index < -0.39 is 0 Å². The van der Waals surface area contributed by atoms with Crippen LogP contribution in [0.4, 0.5) is 0 Å². The average Bonchev–Trinajstić information content (AvgIpc) is 2.36. The Kier molecular flexibility index (Phi) is 3.50. The maximum absolute atomic E-state index is 9.25. The van der Waals surface area contributed by atoms with Gasteiger partial charge < -0.3 is 5.11 Å². The summed E-state index contributed by atoms with van der Waals surface area (Å²) in [7, 11) is 0. The van der Waals surface area contributed by atoms with Gasteiger partial charge in [-0.05, 0) is 19.3 Å². The number of hydrogen-bond donors (Lipinski definition) is 1. The lowest BCUT2D eigenvalue weighted by Crippen LogP contribution is -2.14. The second kappa shape index (κ2) is 4.21. The normalized spacial score (nSPS) is 16.0. The molecule has 0 saturated heterocycles. The monoisotopic (exact) mass is 205 g/mol. The van der Waals surface area contributed by atoms with E-state index in [0.29, 0.717) is 5.15 Å². The first kappa shape index (κ1) is 9.96. The van der Waals surface area contributed by atoms with E-state index in [1.807, 2.05) is 6.92 Å². The summed E-state index contributed by atoms with van der Waals surface area (Å²) >= 11 is 7.35. The maximum Gasteiger partial charge on any atom is 0.143 e. The third-order valence-corrected chi connectivity index (χ3v) is 3.22. The summed E-state index contributed by atoms with van der Waals surface area (Å²) < 4.78 is 0. The Morgan fingerprint density at radius 2 is 2.33 bits per heavy atom. The van der Waals surface area contributed by atoms with Crippen molar-refractivity contribution in [1.29, 1.82) is 0 Å². The van der Waals surface area contributed by atoms with Crippen molar-refractivity contribution >= 4 is 22.9 Å². The van der Waals surface area contributed by atoms with Crippen molar-refractivity contribution in [2.24, 2.45) is 5.92 Å². The fraction of sp³-hybridized carbons (Fsp3) is 0.625. The Balaban J connectivity index is 2.58. The smallest absolute Gasteiger partial charge is 0.143 e. The molecule has 0 aliphatic heterocycles. The Hall–Kier alpha value is -0.120. The lowest BCUT2D eigenvalue weighted by atomic mass is 10.0. The van der Waals surface area contributed by atoms with Gasteiger partial charge in [-0.15, -0.1) is 11.3 Å². The molecule has 1 aromatic rings. The molecule has 0 spiro atoms. The molecule has 0 fully saturated rings. The van der Waals surface area contributed by atoms with Crippen molar-refractivity contribution in [2.75, 3.05) is 0 Å². The number of hydrogen-bond acceptors (Lipinski definition) is 3. The van der Waals surface area contributed by atoms with Gasteiger partial charge in [0.15, 0.2) is 0 Å². The van der Waals surface area contributed by atoms with Crippen molar-refractivity contribution in [3.05, 3.63) is 15.5 Å². The SMILES string of the molecule is CC(O)C(C)Cc1scnc1Cl. The number of rotatable bonds is 3. The second-order valence-electron chi connectivity index (χ2n) is 2.99. The molecule has 0 bridgehead atoms. The molecule has 12 heavy (non-hydrogen) atoms. The molecule has 0 aliphatic carbocycles. The fourth-order valence-electron chi connectivity index (χ4n) is 0.852. The van der Waals surface area contributed by atoms with Crippen LogP contribution in [0.15, 0.2) is 5.51 Å². The minimum atomic E-state index is -0.289. The topological polar surface area (TPSA) is 33.1 Å². The van der Waals surface area contributed by atoms with E-state index in [2.05, 4.69) is 4.98 Å². The predicted octanol–water partition coefficient (Wildman–Crippen LogP) is 2.36. The van der Waals surface area contributed by atoms with Gasteiger partial charge in [-0.3, -0.25) is 0 Å². The summed E-state index contributed by atoms with van der Waals surface area (Å²) in [5.41, 5.74) is 1.73. The molecule has 1 N–H and O–H groups in total. The molecule has 0 aliphatic rings. The Bertz CT molecular complexity index is 249. The minimum absolute atomic E-state index is 0.239. The summed E-state index contributed by atoms with van der Waals surface area (Å²) in [6.07, 6.45) is 0.518. The first-order valence-corrected chi connectivity index (χ1v) is 5.13. The van der Waals surface area contributed by atoms with Crippen LogP contribution in [0.2, 0.25) is 5.15 Å². The summed E-state index contributed by atoms with van der Waals surface area (Å²) in [6, 6.07) is 0. The van der Waals surface area contributed by atoms with E-state index in [9.17, 15) is 5.11 Å². The molecule has 2 atom stereocenters. The minimum Gasteiger partial charge on any atom is -0.393 e. The molecule has 0 saturated carbocycles. The zero-order valence-electron chi connectivity index (χ0n) is 7.12. The molecular formula is C8H12ClNOS. The van der Waals surface area contributed by atoms with Crippen LogP contribution >= 0.6 is 22.9 Å². The molecule has 68 valence electrons. The first-order valence-electron chi connectivity index (χ1n) is 3.87. The molecule has 2 unspecified atom stereocenters. The number of nitrogens with zero attached hydrogens (tertiary/aromatic N) is 1. The van der Waals surface area contributed by atoms with Gasteiger partial charge in [0.25, 0.3) is 0 Å². The summed E-state index contributed by atoms with van der Waals surface area (Å²) in [6.45, 7) is 3.79. The van der Waals surface area contributed by atoms with Crippen molar-refractivity contribution in [1.82, 2.24) is 4.98 Å². The highest BCUT2D eigenvalue weighted by molar-refractivity contribution is 7.10. The molecule has 1 aromatic heterocycles. The van der Waals surface area contributed by atoms with Gasteiger partial charge >= 0.3 is 0 Å². The Morgan fingerprint density at radius 1 is 1.67 bits per heavy atom. The maximum atomic E-state index is 9.25. The highest BCUT2D eigenvalue weighted by Gasteiger charge is 2.12. The van der Waals surface area contributed by atoms with E-state index in [4.69, 9.17) is 11.6 Å². The van der Waals surface area contributed by atoms with E-state index in [-0.39, 0.29) is 12.0 Å². The molecule has 1 rings (SSSR count). The number of aliphatic hydroxyl groups excluding tert-OH is 1. The van der Waals surface area contributed by atoms with Crippen molar-refractivity contribution in [3.63, 3.8) is 0 Å². The zero-order chi connectivity index (χ0) is 9.14. The van der Waals surface area contributed by atoms with Gasteiger partial charge in [0, 0.05) is 4.88 Å². The number of thiazole rings is 1. The fourth-order valence-corrected chi connectivity index (χ4v) is 1.96. The van der Waals surface area contributed by atoms with Gasteiger partial charge in [-0.1, -0.05) is 18.5 Å². The summed E-state index contributed by atoms with van der Waals surface area (Å²) in [5.74, 6) is 0.239. The van der Waals surface area contributed by atoms with Crippen LogP contribution in [0.3, 0.4) is 0 Å². The highest BCUT2D eigenvalue weighted by atomic mass is 35.5. The van der Waals surface area contributed by atoms with E-state index in [1.54, 1.807) is 23.8 Å². The van der Waals surface area contributed by atoms with Crippen LogP contribution in [0, 0.1) is 5.92 Å². The molecule has 1 heterocycles. The molecular weight excluding hydrogens is 194 g/mol. The van der Waals surface area contributed by atoms with Crippen molar-refractivity contribution in [2.45, 2.75) is 26.4 Å². The average molecular weight is 206 g/mol. The van der Waals surface area contributed by atoms with Crippen LogP contribution in [0.1, 0.15) is 18.7 Å². The van der Waals surface area contributed by atoms with Gasteiger partial charge in [-0.2, -0.15) is 0 Å². The quantitative estimate of drug-likeness (QED) is 0.822. The van der Waals surface area contributed by atoms with E-state index in [1.165, 1.54) is 0 Å². The summed E-state index contributed by atoms with van der Waals surface area (Å²) in [5, 5.41) is 9.83. The predicted molar refractivity (Wildman–Crippen MR) is 51.7 cm³/mol. The van der Waals surface area contributed by atoms with Gasteiger partial charge in [0.05, 0.1) is 11.6 Å². The van der Waals surface area contributed by atoms with Crippen LogP contribution in [0.25, 0.3) is 0 Å². The Labute approximate surface area is 81.2 Å².